The summed E-state index contributed by atoms with van der Waals surface area (Å²) in [5.41, 5.74) is 1.73. The van der Waals surface area contributed by atoms with Crippen LogP contribution in [0.1, 0.15) is 66.1 Å². The van der Waals surface area contributed by atoms with Gasteiger partial charge in [-0.15, -0.1) is 23.1 Å². The zero-order chi connectivity index (χ0) is 29.4. The van der Waals surface area contributed by atoms with Crippen molar-refractivity contribution in [3.05, 3.63) is 70.6 Å². The van der Waals surface area contributed by atoms with Crippen molar-refractivity contribution in [2.45, 2.75) is 57.6 Å². The third-order valence-electron chi connectivity index (χ3n) is 5.76. The lowest BCUT2D eigenvalue weighted by molar-refractivity contribution is -0.118. The third kappa shape index (κ3) is 8.43. The molecule has 0 radical (unpaired) electrons. The number of thioether (sulfide) groups is 1. The summed E-state index contributed by atoms with van der Waals surface area (Å²) in [5, 5.41) is 8.37. The van der Waals surface area contributed by atoms with Crippen LogP contribution in [0.25, 0.3) is 0 Å². The van der Waals surface area contributed by atoms with Crippen LogP contribution >= 0.6 is 23.1 Å². The third-order valence-corrected chi connectivity index (χ3v) is 8.33. The first kappa shape index (κ1) is 30.9. The number of nitrogens with one attached hydrogen (secondary N) is 3. The number of anilines is 3. The summed E-state index contributed by atoms with van der Waals surface area (Å²) in [7, 11) is 1.26. The number of rotatable bonds is 10. The van der Waals surface area contributed by atoms with E-state index in [1.807, 2.05) is 58.0 Å². The molecule has 1 atom stereocenters. The molecule has 3 aromatic rings. The van der Waals surface area contributed by atoms with Crippen LogP contribution in [-0.2, 0) is 14.3 Å². The molecule has 0 aliphatic rings. The molecule has 0 bridgehead atoms. The van der Waals surface area contributed by atoms with Gasteiger partial charge in [0.2, 0.25) is 11.8 Å². The molecule has 0 aliphatic carbocycles. The SMILES string of the molecule is CCC(Sc1cccc(NC(=O)CC(C)(C)C)c1)C(=O)Nc1sc(C(=O)Nc2ccccc2)c(C)c1C(=O)OC. The van der Waals surface area contributed by atoms with E-state index in [4.69, 9.17) is 4.74 Å². The average Bonchev–Trinajstić information content (AvgIpc) is 3.21. The van der Waals surface area contributed by atoms with Gasteiger partial charge in [0.1, 0.15) is 5.00 Å². The van der Waals surface area contributed by atoms with Gasteiger partial charge in [0.15, 0.2) is 0 Å². The van der Waals surface area contributed by atoms with E-state index < -0.39 is 11.2 Å². The molecule has 1 heterocycles. The number of para-hydroxylation sites is 1. The highest BCUT2D eigenvalue weighted by atomic mass is 32.2. The van der Waals surface area contributed by atoms with Crippen LogP contribution in [0.3, 0.4) is 0 Å². The summed E-state index contributed by atoms with van der Waals surface area (Å²) in [6.07, 6.45) is 0.898. The van der Waals surface area contributed by atoms with Gasteiger partial charge in [0.05, 0.1) is 22.8 Å². The molecule has 0 saturated heterocycles. The van der Waals surface area contributed by atoms with Crippen molar-refractivity contribution in [2.75, 3.05) is 23.1 Å². The van der Waals surface area contributed by atoms with Crippen molar-refractivity contribution in [3.8, 4) is 0 Å². The smallest absolute Gasteiger partial charge is 0.341 e. The molecule has 40 heavy (non-hydrogen) atoms. The highest BCUT2D eigenvalue weighted by Crippen LogP contribution is 2.36. The molecule has 0 fully saturated rings. The van der Waals surface area contributed by atoms with Gasteiger partial charge in [-0.25, -0.2) is 4.79 Å². The summed E-state index contributed by atoms with van der Waals surface area (Å²) in [6, 6.07) is 16.3. The number of methoxy groups -OCH3 is 1. The minimum atomic E-state index is -0.637. The molecule has 0 aliphatic heterocycles. The van der Waals surface area contributed by atoms with E-state index in [1.54, 1.807) is 31.2 Å². The summed E-state index contributed by atoms with van der Waals surface area (Å²) < 4.78 is 4.95. The summed E-state index contributed by atoms with van der Waals surface area (Å²) in [5.74, 6) is -1.40. The molecular formula is C30H35N3O5S2. The molecule has 2 aromatic carbocycles. The van der Waals surface area contributed by atoms with E-state index in [2.05, 4.69) is 16.0 Å². The minimum absolute atomic E-state index is 0.0741. The quantitative estimate of drug-likeness (QED) is 0.176. The molecule has 3 rings (SSSR count). The fourth-order valence-corrected chi connectivity index (χ4v) is 5.99. The van der Waals surface area contributed by atoms with Gasteiger partial charge in [-0.1, -0.05) is 52.0 Å². The normalized spacial score (nSPS) is 11.8. The lowest BCUT2D eigenvalue weighted by Gasteiger charge is -2.18. The van der Waals surface area contributed by atoms with E-state index >= 15 is 0 Å². The van der Waals surface area contributed by atoms with E-state index in [-0.39, 0.29) is 33.7 Å². The summed E-state index contributed by atoms with van der Waals surface area (Å²) >= 11 is 2.39. The monoisotopic (exact) mass is 581 g/mol. The predicted molar refractivity (Wildman–Crippen MR) is 163 cm³/mol. The first-order valence-electron chi connectivity index (χ1n) is 12.9. The van der Waals surface area contributed by atoms with Crippen LogP contribution in [0.5, 0.6) is 0 Å². The number of ether oxygens (including phenoxy) is 1. The van der Waals surface area contributed by atoms with Gasteiger partial charge >= 0.3 is 5.97 Å². The zero-order valence-corrected chi connectivity index (χ0v) is 25.2. The van der Waals surface area contributed by atoms with E-state index in [9.17, 15) is 19.2 Å². The Bertz CT molecular complexity index is 1380. The minimum Gasteiger partial charge on any atom is -0.465 e. The average molecular weight is 582 g/mol. The van der Waals surface area contributed by atoms with Crippen LogP contribution in [0.15, 0.2) is 59.5 Å². The Balaban J connectivity index is 1.78. The molecule has 0 saturated carbocycles. The molecule has 0 spiro atoms. The lowest BCUT2D eigenvalue weighted by Crippen LogP contribution is -2.25. The first-order valence-corrected chi connectivity index (χ1v) is 14.6. The van der Waals surface area contributed by atoms with Crippen LogP contribution in [0.4, 0.5) is 16.4 Å². The number of hydrogen-bond donors (Lipinski definition) is 3. The second-order valence-corrected chi connectivity index (χ2v) is 12.7. The van der Waals surface area contributed by atoms with Gasteiger partial charge in [-0.2, -0.15) is 0 Å². The van der Waals surface area contributed by atoms with Gasteiger partial charge in [0.25, 0.3) is 5.91 Å². The van der Waals surface area contributed by atoms with Gasteiger partial charge < -0.3 is 20.7 Å². The largest absolute Gasteiger partial charge is 0.465 e. The fraction of sp³-hybridized carbons (Fsp3) is 0.333. The van der Waals surface area contributed by atoms with Crippen LogP contribution < -0.4 is 16.0 Å². The van der Waals surface area contributed by atoms with Gasteiger partial charge in [-0.05, 0) is 54.7 Å². The molecule has 8 nitrogen and oxygen atoms in total. The second-order valence-electron chi connectivity index (χ2n) is 10.4. The molecule has 10 heteroatoms. The Morgan fingerprint density at radius 3 is 2.25 bits per heavy atom. The van der Waals surface area contributed by atoms with E-state index in [0.717, 1.165) is 16.2 Å². The number of hydrogen-bond acceptors (Lipinski definition) is 7. The molecule has 212 valence electrons. The maximum absolute atomic E-state index is 13.4. The Hall–Kier alpha value is -3.63. The lowest BCUT2D eigenvalue weighted by atomic mass is 9.92. The Labute approximate surface area is 243 Å². The summed E-state index contributed by atoms with van der Waals surface area (Å²) in [4.78, 5) is 52.5. The standard InChI is InChI=1S/C30H35N3O5S2/c1-7-22(39-21-15-11-14-20(16-21)31-23(34)17-30(3,4)5)26(35)33-28-24(29(37)38-6)18(2)25(40-28)27(36)32-19-12-9-8-10-13-19/h8-16,22H,7,17H2,1-6H3,(H,31,34)(H,32,36)(H,33,35). The van der Waals surface area contributed by atoms with E-state index in [0.29, 0.717) is 34.7 Å². The van der Waals surface area contributed by atoms with Crippen LogP contribution in [0, 0.1) is 12.3 Å². The number of carbonyl (C=O) groups excluding carboxylic acids is 4. The van der Waals surface area contributed by atoms with Crippen molar-refractivity contribution in [2.24, 2.45) is 5.41 Å². The predicted octanol–water partition coefficient (Wildman–Crippen LogP) is 6.98. The summed E-state index contributed by atoms with van der Waals surface area (Å²) in [6.45, 7) is 9.56. The molecular weight excluding hydrogens is 546 g/mol. The molecule has 1 unspecified atom stereocenters. The highest BCUT2D eigenvalue weighted by Gasteiger charge is 2.28. The Morgan fingerprint density at radius 2 is 1.62 bits per heavy atom. The van der Waals surface area contributed by atoms with Crippen molar-refractivity contribution < 1.29 is 23.9 Å². The maximum Gasteiger partial charge on any atom is 0.341 e. The van der Waals surface area contributed by atoms with E-state index in [1.165, 1.54) is 18.9 Å². The molecule has 3 amide bonds. The van der Waals surface area contributed by atoms with Gasteiger partial charge in [0, 0.05) is 22.7 Å². The number of amides is 3. The Morgan fingerprint density at radius 1 is 0.950 bits per heavy atom. The van der Waals surface area contributed by atoms with Crippen LogP contribution in [-0.4, -0.2) is 36.1 Å². The number of benzene rings is 2. The van der Waals surface area contributed by atoms with Gasteiger partial charge in [-0.3, -0.25) is 14.4 Å². The fourth-order valence-electron chi connectivity index (χ4n) is 3.89. The maximum atomic E-state index is 13.4. The topological polar surface area (TPSA) is 114 Å². The Kier molecular flexibility index (Phi) is 10.5. The van der Waals surface area contributed by atoms with Crippen molar-refractivity contribution in [1.29, 1.82) is 0 Å². The number of carbonyl (C=O) groups is 4. The van der Waals surface area contributed by atoms with Crippen molar-refractivity contribution in [3.63, 3.8) is 0 Å². The molecule has 1 aromatic heterocycles. The van der Waals surface area contributed by atoms with Crippen LogP contribution in [0.2, 0.25) is 0 Å². The second kappa shape index (κ2) is 13.6. The van der Waals surface area contributed by atoms with Crippen molar-refractivity contribution >= 4 is 63.2 Å². The van der Waals surface area contributed by atoms with Crippen molar-refractivity contribution in [1.82, 2.24) is 0 Å². The molecule has 3 N–H and O–H groups in total. The number of thiophene rings is 1. The zero-order valence-electron chi connectivity index (χ0n) is 23.5. The first-order chi connectivity index (χ1) is 18.9. The number of esters is 1. The highest BCUT2D eigenvalue weighted by molar-refractivity contribution is 8.00.